The van der Waals surface area contributed by atoms with Gasteiger partial charge in [0.1, 0.15) is 18.0 Å². The smallest absolute Gasteiger partial charge is 0.152 e. The first-order valence-electron chi connectivity index (χ1n) is 13.1. The summed E-state index contributed by atoms with van der Waals surface area (Å²) in [6.45, 7) is 7.70. The van der Waals surface area contributed by atoms with Gasteiger partial charge < -0.3 is 14.4 Å². The SMILES string of the molecule is Brc1ccccc1.COc1ccc(CN2COc3c(cc(CN4CCN(C)CC4)c4cccnc34)C2)cc1. The highest BCUT2D eigenvalue weighted by molar-refractivity contribution is 9.10. The summed E-state index contributed by atoms with van der Waals surface area (Å²) in [5, 5.41) is 1.21. The number of benzene rings is 3. The average molecular weight is 576 g/mol. The van der Waals surface area contributed by atoms with Crippen molar-refractivity contribution in [2.45, 2.75) is 19.6 Å². The Kier molecular flexibility index (Phi) is 8.91. The van der Waals surface area contributed by atoms with Crippen molar-refractivity contribution in [2.75, 3.05) is 47.1 Å². The second-order valence-corrected chi connectivity index (χ2v) is 10.8. The molecule has 0 radical (unpaired) electrons. The number of halogens is 1. The summed E-state index contributed by atoms with van der Waals surface area (Å²) >= 11 is 3.31. The molecule has 2 aliphatic rings. The molecule has 0 bridgehead atoms. The Bertz CT molecular complexity index is 1330. The van der Waals surface area contributed by atoms with E-state index in [4.69, 9.17) is 14.5 Å². The quantitative estimate of drug-likeness (QED) is 0.300. The Morgan fingerprint density at radius 2 is 1.66 bits per heavy atom. The van der Waals surface area contributed by atoms with Gasteiger partial charge in [0.15, 0.2) is 5.75 Å². The van der Waals surface area contributed by atoms with Gasteiger partial charge in [-0.2, -0.15) is 0 Å². The van der Waals surface area contributed by atoms with E-state index in [0.717, 1.165) is 67.3 Å². The molecule has 3 aromatic carbocycles. The van der Waals surface area contributed by atoms with Crippen LogP contribution in [-0.2, 0) is 19.6 Å². The van der Waals surface area contributed by atoms with Crippen LogP contribution in [0.1, 0.15) is 16.7 Å². The normalized spacial score (nSPS) is 16.3. The van der Waals surface area contributed by atoms with Gasteiger partial charge in [-0.25, -0.2) is 0 Å². The maximum atomic E-state index is 6.24. The maximum Gasteiger partial charge on any atom is 0.152 e. The predicted molar refractivity (Wildman–Crippen MR) is 156 cm³/mol. The lowest BCUT2D eigenvalue weighted by Crippen LogP contribution is -2.43. The van der Waals surface area contributed by atoms with Gasteiger partial charge >= 0.3 is 0 Å². The Morgan fingerprint density at radius 3 is 2.34 bits per heavy atom. The fraction of sp³-hybridized carbons (Fsp3) is 0.323. The lowest BCUT2D eigenvalue weighted by Gasteiger charge is -2.33. The number of hydrogen-bond donors (Lipinski definition) is 0. The van der Waals surface area contributed by atoms with Crippen LogP contribution in [0.3, 0.4) is 0 Å². The van der Waals surface area contributed by atoms with Crippen LogP contribution in [-0.4, -0.2) is 66.8 Å². The van der Waals surface area contributed by atoms with Crippen molar-refractivity contribution in [1.82, 2.24) is 19.7 Å². The van der Waals surface area contributed by atoms with Crippen LogP contribution >= 0.6 is 15.9 Å². The van der Waals surface area contributed by atoms with Gasteiger partial charge in [0, 0.05) is 67.4 Å². The summed E-state index contributed by atoms with van der Waals surface area (Å²) in [6, 6.07) is 24.8. The summed E-state index contributed by atoms with van der Waals surface area (Å²) in [4.78, 5) is 12.0. The third-order valence-corrected chi connectivity index (χ3v) is 7.61. The molecule has 4 aromatic rings. The molecule has 6 rings (SSSR count). The molecule has 0 unspecified atom stereocenters. The molecule has 2 aliphatic heterocycles. The van der Waals surface area contributed by atoms with Crippen LogP contribution in [0, 0.1) is 0 Å². The van der Waals surface area contributed by atoms with E-state index in [0.29, 0.717) is 6.73 Å². The van der Waals surface area contributed by atoms with Crippen molar-refractivity contribution in [3.63, 3.8) is 0 Å². The summed E-state index contributed by atoms with van der Waals surface area (Å²) in [5.74, 6) is 1.83. The van der Waals surface area contributed by atoms with Crippen LogP contribution in [0.4, 0.5) is 0 Å². The topological polar surface area (TPSA) is 41.1 Å². The van der Waals surface area contributed by atoms with E-state index in [2.05, 4.69) is 61.9 Å². The van der Waals surface area contributed by atoms with Crippen molar-refractivity contribution in [1.29, 1.82) is 0 Å². The first-order valence-corrected chi connectivity index (χ1v) is 13.9. The average Bonchev–Trinajstić information content (AvgIpc) is 2.95. The number of rotatable bonds is 5. The van der Waals surface area contributed by atoms with Gasteiger partial charge in [-0.15, -0.1) is 0 Å². The summed E-state index contributed by atoms with van der Waals surface area (Å²) in [7, 11) is 3.90. The highest BCUT2D eigenvalue weighted by Crippen LogP contribution is 2.35. The molecule has 1 saturated heterocycles. The van der Waals surface area contributed by atoms with Crippen LogP contribution in [0.2, 0.25) is 0 Å². The molecule has 198 valence electrons. The van der Waals surface area contributed by atoms with E-state index in [9.17, 15) is 0 Å². The lowest BCUT2D eigenvalue weighted by atomic mass is 10.0. The molecule has 0 N–H and O–H groups in total. The molecule has 0 saturated carbocycles. The molecule has 0 aliphatic carbocycles. The third-order valence-electron chi connectivity index (χ3n) is 7.08. The second-order valence-electron chi connectivity index (χ2n) is 9.91. The number of likely N-dealkylation sites (N-methyl/N-ethyl adjacent to an activating group) is 1. The first kappa shape index (κ1) is 26.6. The first-order chi connectivity index (χ1) is 18.6. The van der Waals surface area contributed by atoms with Crippen LogP contribution in [0.5, 0.6) is 11.5 Å². The van der Waals surface area contributed by atoms with Gasteiger partial charge in [-0.05, 0) is 54.6 Å². The van der Waals surface area contributed by atoms with E-state index < -0.39 is 0 Å². The molecule has 0 spiro atoms. The standard InChI is InChI=1S/C25H30N4O2.C6H5Br/c1-27-10-12-28(13-11-27)16-20-14-21-17-29(15-19-5-7-22(30-2)8-6-19)18-31-25(21)24-23(20)4-3-9-26-24;7-6-4-2-1-3-5-6/h3-9,14H,10-13,15-18H2,1-2H3;1-5H. The summed E-state index contributed by atoms with van der Waals surface area (Å²) < 4.78 is 12.7. The maximum absolute atomic E-state index is 6.24. The number of hydrogen-bond acceptors (Lipinski definition) is 6. The zero-order chi connectivity index (χ0) is 26.3. The Labute approximate surface area is 233 Å². The number of nitrogens with zero attached hydrogens (tertiary/aromatic N) is 4. The number of piperazine rings is 1. The zero-order valence-electron chi connectivity index (χ0n) is 22.1. The molecule has 0 amide bonds. The molecule has 38 heavy (non-hydrogen) atoms. The number of methoxy groups -OCH3 is 1. The predicted octanol–water partition coefficient (Wildman–Crippen LogP) is 5.79. The monoisotopic (exact) mass is 574 g/mol. The van der Waals surface area contributed by atoms with Gasteiger partial charge in [0.25, 0.3) is 0 Å². The Balaban J connectivity index is 0.000000366. The van der Waals surface area contributed by atoms with Crippen LogP contribution in [0.25, 0.3) is 10.9 Å². The van der Waals surface area contributed by atoms with E-state index in [1.54, 1.807) is 7.11 Å². The number of ether oxygens (including phenoxy) is 2. The number of fused-ring (bicyclic) bond motifs is 3. The molecule has 0 atom stereocenters. The summed E-state index contributed by atoms with van der Waals surface area (Å²) in [6.07, 6.45) is 1.87. The number of pyridine rings is 1. The molecule has 6 nitrogen and oxygen atoms in total. The van der Waals surface area contributed by atoms with Crippen molar-refractivity contribution in [3.8, 4) is 11.5 Å². The van der Waals surface area contributed by atoms with Gasteiger partial charge in [0.05, 0.1) is 7.11 Å². The zero-order valence-corrected chi connectivity index (χ0v) is 23.7. The van der Waals surface area contributed by atoms with E-state index in [-0.39, 0.29) is 0 Å². The van der Waals surface area contributed by atoms with Crippen molar-refractivity contribution in [3.05, 3.63) is 100 Å². The summed E-state index contributed by atoms with van der Waals surface area (Å²) in [5.41, 5.74) is 4.83. The molecule has 1 fully saturated rings. The fourth-order valence-electron chi connectivity index (χ4n) is 4.96. The Hall–Kier alpha value is -2.97. The minimum Gasteiger partial charge on any atom is -0.497 e. The van der Waals surface area contributed by atoms with Gasteiger partial charge in [-0.1, -0.05) is 52.3 Å². The molecule has 1 aromatic heterocycles. The van der Waals surface area contributed by atoms with Crippen LogP contribution < -0.4 is 9.47 Å². The Morgan fingerprint density at radius 1 is 0.895 bits per heavy atom. The van der Waals surface area contributed by atoms with Gasteiger partial charge in [0.2, 0.25) is 0 Å². The molecular weight excluding hydrogens is 540 g/mol. The number of aromatic nitrogens is 1. The molecular formula is C31H35BrN4O2. The fourth-order valence-corrected chi connectivity index (χ4v) is 5.26. The van der Waals surface area contributed by atoms with Crippen molar-refractivity contribution < 1.29 is 9.47 Å². The minimum absolute atomic E-state index is 0.572. The van der Waals surface area contributed by atoms with Crippen molar-refractivity contribution in [2.24, 2.45) is 0 Å². The largest absolute Gasteiger partial charge is 0.497 e. The third kappa shape index (κ3) is 6.72. The van der Waals surface area contributed by atoms with Crippen molar-refractivity contribution >= 4 is 26.8 Å². The van der Waals surface area contributed by atoms with E-state index in [1.165, 1.54) is 22.1 Å². The van der Waals surface area contributed by atoms with Gasteiger partial charge in [-0.3, -0.25) is 14.8 Å². The highest BCUT2D eigenvalue weighted by atomic mass is 79.9. The van der Waals surface area contributed by atoms with Crippen LogP contribution in [0.15, 0.2) is 83.5 Å². The molecule has 3 heterocycles. The second kappa shape index (κ2) is 12.7. The highest BCUT2D eigenvalue weighted by Gasteiger charge is 2.23. The van der Waals surface area contributed by atoms with E-state index in [1.807, 2.05) is 54.7 Å². The minimum atomic E-state index is 0.572. The lowest BCUT2D eigenvalue weighted by molar-refractivity contribution is 0.0899. The van der Waals surface area contributed by atoms with E-state index >= 15 is 0 Å². The molecule has 7 heteroatoms.